The van der Waals surface area contributed by atoms with E-state index < -0.39 is 0 Å². The predicted molar refractivity (Wildman–Crippen MR) is 96.8 cm³/mol. The van der Waals surface area contributed by atoms with Crippen LogP contribution < -0.4 is 0 Å². The Morgan fingerprint density at radius 1 is 0.826 bits per heavy atom. The number of aliphatic hydroxyl groups excluding tert-OH is 2. The zero-order valence-electron chi connectivity index (χ0n) is 13.6. The van der Waals surface area contributed by atoms with Gasteiger partial charge in [0, 0.05) is 18.2 Å². The molecule has 0 aliphatic heterocycles. The van der Waals surface area contributed by atoms with E-state index in [1.165, 1.54) is 11.1 Å². The molecule has 2 aromatic rings. The van der Waals surface area contributed by atoms with E-state index in [1.54, 1.807) is 0 Å². The average Bonchev–Trinajstić information content (AvgIpc) is 2.56. The summed E-state index contributed by atoms with van der Waals surface area (Å²) < 4.78 is 0. The van der Waals surface area contributed by atoms with E-state index in [2.05, 4.69) is 31.2 Å². The van der Waals surface area contributed by atoms with Crippen LogP contribution in [0, 0.1) is 5.92 Å². The summed E-state index contributed by atoms with van der Waals surface area (Å²) in [4.78, 5) is 0. The Labute approximate surface area is 143 Å². The van der Waals surface area contributed by atoms with Crippen molar-refractivity contribution >= 4 is 11.6 Å². The van der Waals surface area contributed by atoms with Crippen molar-refractivity contribution in [3.63, 3.8) is 0 Å². The van der Waals surface area contributed by atoms with Crippen molar-refractivity contribution in [2.75, 3.05) is 13.2 Å². The molecule has 0 radical (unpaired) electrons. The van der Waals surface area contributed by atoms with E-state index in [0.717, 1.165) is 29.8 Å². The minimum atomic E-state index is 0.187. The van der Waals surface area contributed by atoms with Gasteiger partial charge < -0.3 is 10.2 Å². The number of halogens is 1. The number of hydrogen-bond donors (Lipinski definition) is 2. The third kappa shape index (κ3) is 5.35. The summed E-state index contributed by atoms with van der Waals surface area (Å²) in [5.74, 6) is 0.785. The van der Waals surface area contributed by atoms with E-state index in [0.29, 0.717) is 11.8 Å². The molecule has 2 rings (SSSR count). The first-order chi connectivity index (χ1) is 11.1. The van der Waals surface area contributed by atoms with Gasteiger partial charge in [0.2, 0.25) is 0 Å². The van der Waals surface area contributed by atoms with Crippen molar-refractivity contribution < 1.29 is 10.2 Å². The fourth-order valence-corrected chi connectivity index (χ4v) is 3.15. The lowest BCUT2D eigenvalue weighted by molar-refractivity contribution is 0.206. The van der Waals surface area contributed by atoms with Gasteiger partial charge in [-0.25, -0.2) is 0 Å². The molecule has 23 heavy (non-hydrogen) atoms. The summed E-state index contributed by atoms with van der Waals surface area (Å²) in [6.07, 6.45) is 2.50. The lowest BCUT2D eigenvalue weighted by Crippen LogP contribution is -2.09. The Morgan fingerprint density at radius 3 is 1.78 bits per heavy atom. The standard InChI is InChI=1S/C20H25ClO2/c1-15(14-16(10-12-22)11-13-23)17-2-4-18(5-3-17)19-6-8-20(21)9-7-19/h2-9,15-16,22-23H,10-14H2,1H3. The Balaban J connectivity index is 2.04. The Bertz CT molecular complexity index is 572. The van der Waals surface area contributed by atoms with E-state index in [1.807, 2.05) is 24.3 Å². The number of hydrogen-bond acceptors (Lipinski definition) is 2. The van der Waals surface area contributed by atoms with Crippen LogP contribution in [0.5, 0.6) is 0 Å². The van der Waals surface area contributed by atoms with Crippen LogP contribution in [0.4, 0.5) is 0 Å². The van der Waals surface area contributed by atoms with E-state index in [9.17, 15) is 0 Å². The van der Waals surface area contributed by atoms with Crippen molar-refractivity contribution in [1.82, 2.24) is 0 Å². The normalized spacial score (nSPS) is 12.6. The predicted octanol–water partition coefficient (Wildman–Crippen LogP) is 4.88. The zero-order valence-corrected chi connectivity index (χ0v) is 14.3. The third-order valence-electron chi connectivity index (χ3n) is 4.42. The molecule has 0 aliphatic carbocycles. The molecule has 0 spiro atoms. The highest BCUT2D eigenvalue weighted by atomic mass is 35.5. The maximum Gasteiger partial charge on any atom is 0.0433 e. The van der Waals surface area contributed by atoms with Gasteiger partial charge in [0.05, 0.1) is 0 Å². The van der Waals surface area contributed by atoms with Gasteiger partial charge in [0.1, 0.15) is 0 Å². The van der Waals surface area contributed by atoms with E-state index >= 15 is 0 Å². The first kappa shape index (κ1) is 18.0. The Hall–Kier alpha value is -1.35. The van der Waals surface area contributed by atoms with Crippen LogP contribution in [0.1, 0.15) is 37.7 Å². The molecule has 0 heterocycles. The van der Waals surface area contributed by atoms with Crippen LogP contribution >= 0.6 is 11.6 Å². The second kappa shape index (κ2) is 9.07. The Kier molecular flexibility index (Phi) is 7.10. The lowest BCUT2D eigenvalue weighted by Gasteiger charge is -2.20. The highest BCUT2D eigenvalue weighted by molar-refractivity contribution is 6.30. The highest BCUT2D eigenvalue weighted by Gasteiger charge is 2.14. The van der Waals surface area contributed by atoms with Crippen LogP contribution in [0.15, 0.2) is 48.5 Å². The SMILES string of the molecule is CC(CC(CCO)CCO)c1ccc(-c2ccc(Cl)cc2)cc1. The largest absolute Gasteiger partial charge is 0.396 e. The van der Waals surface area contributed by atoms with Gasteiger partial charge >= 0.3 is 0 Å². The van der Waals surface area contributed by atoms with Gasteiger partial charge in [0.25, 0.3) is 0 Å². The van der Waals surface area contributed by atoms with Crippen LogP contribution in [0.3, 0.4) is 0 Å². The molecule has 2 aromatic carbocycles. The molecule has 2 nitrogen and oxygen atoms in total. The second-order valence-corrected chi connectivity index (χ2v) is 6.59. The molecule has 0 saturated carbocycles. The first-order valence-electron chi connectivity index (χ1n) is 8.21. The zero-order chi connectivity index (χ0) is 16.7. The molecule has 124 valence electrons. The molecule has 0 aromatic heterocycles. The quantitative estimate of drug-likeness (QED) is 0.723. The average molecular weight is 333 g/mol. The third-order valence-corrected chi connectivity index (χ3v) is 4.67. The van der Waals surface area contributed by atoms with Crippen molar-refractivity contribution in [2.24, 2.45) is 5.92 Å². The molecule has 0 bridgehead atoms. The van der Waals surface area contributed by atoms with E-state index in [-0.39, 0.29) is 13.2 Å². The van der Waals surface area contributed by atoms with Crippen LogP contribution in [0.2, 0.25) is 5.02 Å². The van der Waals surface area contributed by atoms with Crippen LogP contribution in [0.25, 0.3) is 11.1 Å². The van der Waals surface area contributed by atoms with Gasteiger partial charge in [-0.3, -0.25) is 0 Å². The number of aliphatic hydroxyl groups is 2. The van der Waals surface area contributed by atoms with Crippen molar-refractivity contribution in [3.05, 3.63) is 59.1 Å². The molecule has 1 atom stereocenters. The van der Waals surface area contributed by atoms with Gasteiger partial charge in [-0.2, -0.15) is 0 Å². The van der Waals surface area contributed by atoms with Crippen LogP contribution in [-0.2, 0) is 0 Å². The van der Waals surface area contributed by atoms with Gasteiger partial charge in [-0.15, -0.1) is 0 Å². The molecule has 0 saturated heterocycles. The fourth-order valence-electron chi connectivity index (χ4n) is 3.03. The fraction of sp³-hybridized carbons (Fsp3) is 0.400. The highest BCUT2D eigenvalue weighted by Crippen LogP contribution is 2.29. The summed E-state index contributed by atoms with van der Waals surface area (Å²) in [6.45, 7) is 2.58. The summed E-state index contributed by atoms with van der Waals surface area (Å²) >= 11 is 5.93. The number of benzene rings is 2. The smallest absolute Gasteiger partial charge is 0.0433 e. The van der Waals surface area contributed by atoms with Crippen LogP contribution in [-0.4, -0.2) is 23.4 Å². The summed E-state index contributed by atoms with van der Waals surface area (Å²) in [5.41, 5.74) is 3.63. The summed E-state index contributed by atoms with van der Waals surface area (Å²) in [6, 6.07) is 16.5. The monoisotopic (exact) mass is 332 g/mol. The topological polar surface area (TPSA) is 40.5 Å². The summed E-state index contributed by atoms with van der Waals surface area (Å²) in [7, 11) is 0. The molecule has 0 aliphatic rings. The minimum Gasteiger partial charge on any atom is -0.396 e. The second-order valence-electron chi connectivity index (χ2n) is 6.16. The van der Waals surface area contributed by atoms with Crippen molar-refractivity contribution in [1.29, 1.82) is 0 Å². The summed E-state index contributed by atoms with van der Waals surface area (Å²) in [5, 5.41) is 19.0. The maximum absolute atomic E-state index is 9.14. The Morgan fingerprint density at radius 2 is 1.30 bits per heavy atom. The van der Waals surface area contributed by atoms with Crippen molar-refractivity contribution in [2.45, 2.75) is 32.1 Å². The van der Waals surface area contributed by atoms with Gasteiger partial charge in [0.15, 0.2) is 0 Å². The maximum atomic E-state index is 9.14. The molecule has 2 N–H and O–H groups in total. The minimum absolute atomic E-state index is 0.187. The van der Waals surface area contributed by atoms with Gasteiger partial charge in [-0.05, 0) is 59.9 Å². The molecule has 1 unspecified atom stereocenters. The molecule has 0 fully saturated rings. The number of rotatable bonds is 8. The van der Waals surface area contributed by atoms with Crippen molar-refractivity contribution in [3.8, 4) is 11.1 Å². The van der Waals surface area contributed by atoms with Gasteiger partial charge in [-0.1, -0.05) is 54.9 Å². The lowest BCUT2D eigenvalue weighted by atomic mass is 9.86. The molecule has 3 heteroatoms. The van der Waals surface area contributed by atoms with E-state index in [4.69, 9.17) is 21.8 Å². The molecular weight excluding hydrogens is 308 g/mol. The first-order valence-corrected chi connectivity index (χ1v) is 8.59. The molecular formula is C20H25ClO2. The molecule has 0 amide bonds.